The van der Waals surface area contributed by atoms with Gasteiger partial charge < -0.3 is 4.74 Å². The first-order valence-corrected chi connectivity index (χ1v) is 4.43. The molecule has 4 heteroatoms. The highest BCUT2D eigenvalue weighted by Gasteiger charge is 1.98. The summed E-state index contributed by atoms with van der Waals surface area (Å²) in [6.07, 6.45) is 1.46. The molecule has 1 amide bonds. The molecule has 0 saturated carbocycles. The third-order valence-electron chi connectivity index (χ3n) is 1.61. The quantitative estimate of drug-likeness (QED) is 0.540. The van der Waals surface area contributed by atoms with Gasteiger partial charge in [-0.05, 0) is 25.7 Å². The Balaban J connectivity index is 3.69. The van der Waals surface area contributed by atoms with Crippen LogP contribution in [-0.4, -0.2) is 18.9 Å². The molecular formula is C9H18N2O2. The number of methoxy groups -OCH3 is 1. The van der Waals surface area contributed by atoms with Gasteiger partial charge in [0.05, 0.1) is 7.11 Å². The van der Waals surface area contributed by atoms with Crippen LogP contribution in [0.4, 0.5) is 4.79 Å². The molecule has 0 heterocycles. The highest BCUT2D eigenvalue weighted by atomic mass is 16.5. The number of amides is 1. The fourth-order valence-corrected chi connectivity index (χ4v) is 0.740. The Bertz CT molecular complexity index is 188. The van der Waals surface area contributed by atoms with Crippen molar-refractivity contribution in [3.05, 3.63) is 0 Å². The van der Waals surface area contributed by atoms with Gasteiger partial charge in [0.1, 0.15) is 0 Å². The van der Waals surface area contributed by atoms with Gasteiger partial charge >= 0.3 is 6.09 Å². The van der Waals surface area contributed by atoms with Crippen LogP contribution in [-0.2, 0) is 4.74 Å². The predicted octanol–water partition coefficient (Wildman–Crippen LogP) is 2.15. The minimum Gasteiger partial charge on any atom is -0.452 e. The van der Waals surface area contributed by atoms with Crippen molar-refractivity contribution in [1.82, 2.24) is 5.43 Å². The molecule has 0 aliphatic heterocycles. The lowest BCUT2D eigenvalue weighted by Crippen LogP contribution is -2.18. The Morgan fingerprint density at radius 2 is 2.15 bits per heavy atom. The fraction of sp³-hybridized carbons (Fsp3) is 0.778. The SMILES string of the molecule is COC(=O)N/N=C(\C)CCC(C)C. The second-order valence-corrected chi connectivity index (χ2v) is 3.38. The standard InChI is InChI=1S/C9H18N2O2/c1-7(2)5-6-8(3)10-11-9(12)13-4/h7H,5-6H2,1-4H3,(H,11,12)/b10-8+. The molecule has 0 aromatic heterocycles. The zero-order chi connectivity index (χ0) is 10.3. The van der Waals surface area contributed by atoms with Crippen LogP contribution in [0.2, 0.25) is 0 Å². The van der Waals surface area contributed by atoms with Crippen molar-refractivity contribution >= 4 is 11.8 Å². The molecule has 1 N–H and O–H groups in total. The third kappa shape index (κ3) is 7.31. The van der Waals surface area contributed by atoms with Crippen molar-refractivity contribution < 1.29 is 9.53 Å². The van der Waals surface area contributed by atoms with Crippen LogP contribution in [0.5, 0.6) is 0 Å². The van der Waals surface area contributed by atoms with Gasteiger partial charge in [0, 0.05) is 5.71 Å². The molecule has 0 rings (SSSR count). The maximum atomic E-state index is 10.6. The van der Waals surface area contributed by atoms with Gasteiger partial charge in [0.2, 0.25) is 0 Å². The molecule has 0 bridgehead atoms. The molecule has 0 aromatic carbocycles. The summed E-state index contributed by atoms with van der Waals surface area (Å²) in [5.41, 5.74) is 3.20. The number of ether oxygens (including phenoxy) is 1. The topological polar surface area (TPSA) is 50.7 Å². The van der Waals surface area contributed by atoms with E-state index in [1.165, 1.54) is 7.11 Å². The van der Waals surface area contributed by atoms with Gasteiger partial charge in [0.25, 0.3) is 0 Å². The van der Waals surface area contributed by atoms with Crippen LogP contribution >= 0.6 is 0 Å². The smallest absolute Gasteiger partial charge is 0.427 e. The van der Waals surface area contributed by atoms with E-state index in [9.17, 15) is 4.79 Å². The van der Waals surface area contributed by atoms with E-state index in [0.717, 1.165) is 18.6 Å². The van der Waals surface area contributed by atoms with E-state index in [-0.39, 0.29) is 0 Å². The molecule has 0 unspecified atom stereocenters. The molecule has 0 aromatic rings. The minimum absolute atomic E-state index is 0.524. The van der Waals surface area contributed by atoms with Gasteiger partial charge in [-0.25, -0.2) is 10.2 Å². The van der Waals surface area contributed by atoms with Crippen molar-refractivity contribution in [3.63, 3.8) is 0 Å². The van der Waals surface area contributed by atoms with Crippen molar-refractivity contribution in [1.29, 1.82) is 0 Å². The van der Waals surface area contributed by atoms with E-state index in [1.807, 2.05) is 6.92 Å². The van der Waals surface area contributed by atoms with Crippen molar-refractivity contribution in [2.24, 2.45) is 11.0 Å². The molecule has 0 radical (unpaired) electrons. The Labute approximate surface area is 79.3 Å². The van der Waals surface area contributed by atoms with Gasteiger partial charge in [0.15, 0.2) is 0 Å². The van der Waals surface area contributed by atoms with Gasteiger partial charge in [-0.15, -0.1) is 0 Å². The van der Waals surface area contributed by atoms with Crippen molar-refractivity contribution in [3.8, 4) is 0 Å². The number of hydrogen-bond donors (Lipinski definition) is 1. The number of nitrogens with one attached hydrogen (secondary N) is 1. The summed E-state index contributed by atoms with van der Waals surface area (Å²) in [7, 11) is 1.31. The zero-order valence-corrected chi connectivity index (χ0v) is 8.76. The summed E-state index contributed by atoms with van der Waals surface area (Å²) < 4.78 is 4.37. The van der Waals surface area contributed by atoms with Gasteiger partial charge in [-0.2, -0.15) is 5.10 Å². The largest absolute Gasteiger partial charge is 0.452 e. The molecular weight excluding hydrogens is 168 g/mol. The zero-order valence-electron chi connectivity index (χ0n) is 8.76. The summed E-state index contributed by atoms with van der Waals surface area (Å²) in [5.74, 6) is 0.656. The van der Waals surface area contributed by atoms with E-state index < -0.39 is 6.09 Å². The molecule has 0 spiro atoms. The Kier molecular flexibility index (Phi) is 5.93. The summed E-state index contributed by atoms with van der Waals surface area (Å²) in [5, 5.41) is 3.86. The summed E-state index contributed by atoms with van der Waals surface area (Å²) in [4.78, 5) is 10.6. The second kappa shape index (κ2) is 6.46. The number of carbonyl (C=O) groups is 1. The van der Waals surface area contributed by atoms with Crippen LogP contribution in [0.25, 0.3) is 0 Å². The molecule has 76 valence electrons. The van der Waals surface area contributed by atoms with Crippen molar-refractivity contribution in [2.75, 3.05) is 7.11 Å². The fourth-order valence-electron chi connectivity index (χ4n) is 0.740. The predicted molar refractivity (Wildman–Crippen MR) is 52.7 cm³/mol. The second-order valence-electron chi connectivity index (χ2n) is 3.38. The molecule has 0 aliphatic carbocycles. The van der Waals surface area contributed by atoms with Gasteiger partial charge in [-0.1, -0.05) is 13.8 Å². The summed E-state index contributed by atoms with van der Waals surface area (Å²) >= 11 is 0. The molecule has 13 heavy (non-hydrogen) atoms. The lowest BCUT2D eigenvalue weighted by Gasteiger charge is -2.03. The van der Waals surface area contributed by atoms with Crippen LogP contribution in [0, 0.1) is 5.92 Å². The maximum Gasteiger partial charge on any atom is 0.427 e. The Morgan fingerprint density at radius 1 is 1.54 bits per heavy atom. The first-order chi connectivity index (χ1) is 6.06. The maximum absolute atomic E-state index is 10.6. The lowest BCUT2D eigenvalue weighted by atomic mass is 10.1. The van der Waals surface area contributed by atoms with E-state index in [2.05, 4.69) is 29.1 Å². The third-order valence-corrected chi connectivity index (χ3v) is 1.61. The van der Waals surface area contributed by atoms with Crippen LogP contribution in [0.1, 0.15) is 33.6 Å². The first kappa shape index (κ1) is 11.9. The number of hydrazone groups is 1. The van der Waals surface area contributed by atoms with Gasteiger partial charge in [-0.3, -0.25) is 0 Å². The van der Waals surface area contributed by atoms with E-state index in [0.29, 0.717) is 5.92 Å². The molecule has 0 aliphatic rings. The molecule has 0 atom stereocenters. The number of rotatable bonds is 4. The normalized spacial score (nSPS) is 11.6. The average molecular weight is 186 g/mol. The highest BCUT2D eigenvalue weighted by molar-refractivity contribution is 5.83. The minimum atomic E-state index is -0.524. The number of nitrogens with zero attached hydrogens (tertiary/aromatic N) is 1. The van der Waals surface area contributed by atoms with Crippen molar-refractivity contribution in [2.45, 2.75) is 33.6 Å². The monoisotopic (exact) mass is 186 g/mol. The average Bonchev–Trinajstić information content (AvgIpc) is 2.10. The molecule has 0 saturated heterocycles. The van der Waals surface area contributed by atoms with E-state index >= 15 is 0 Å². The lowest BCUT2D eigenvalue weighted by molar-refractivity contribution is 0.171. The first-order valence-electron chi connectivity index (χ1n) is 4.43. The number of carbonyl (C=O) groups excluding carboxylic acids is 1. The Hall–Kier alpha value is -1.06. The highest BCUT2D eigenvalue weighted by Crippen LogP contribution is 2.03. The molecule has 0 fully saturated rings. The summed E-state index contributed by atoms with van der Waals surface area (Å²) in [6.45, 7) is 6.19. The molecule has 4 nitrogen and oxygen atoms in total. The Morgan fingerprint density at radius 3 is 2.62 bits per heavy atom. The summed E-state index contributed by atoms with van der Waals surface area (Å²) in [6, 6.07) is 0. The van der Waals surface area contributed by atoms with Crippen LogP contribution in [0.3, 0.4) is 0 Å². The van der Waals surface area contributed by atoms with Crippen LogP contribution < -0.4 is 5.43 Å². The van der Waals surface area contributed by atoms with Crippen LogP contribution in [0.15, 0.2) is 5.10 Å². The van der Waals surface area contributed by atoms with E-state index in [4.69, 9.17) is 0 Å². The number of hydrogen-bond acceptors (Lipinski definition) is 3. The van der Waals surface area contributed by atoms with E-state index in [1.54, 1.807) is 0 Å².